The van der Waals surface area contributed by atoms with Gasteiger partial charge >= 0.3 is 0 Å². The smallest absolute Gasteiger partial charge is 0.227 e. The Morgan fingerprint density at radius 3 is 3.00 bits per heavy atom. The van der Waals surface area contributed by atoms with Crippen molar-refractivity contribution in [2.75, 3.05) is 11.9 Å². The Bertz CT molecular complexity index is 592. The lowest BCUT2D eigenvalue weighted by Crippen LogP contribution is -2.21. The van der Waals surface area contributed by atoms with Gasteiger partial charge in [-0.2, -0.15) is 0 Å². The van der Waals surface area contributed by atoms with Crippen molar-refractivity contribution >= 4 is 22.7 Å². The molecule has 0 saturated heterocycles. The molecule has 108 valence electrons. The van der Waals surface area contributed by atoms with Crippen LogP contribution in [0.4, 0.5) is 5.69 Å². The summed E-state index contributed by atoms with van der Waals surface area (Å²) in [5.74, 6) is 0.676. The highest BCUT2D eigenvalue weighted by Gasteiger charge is 2.13. The van der Waals surface area contributed by atoms with Crippen LogP contribution in [0.15, 0.2) is 22.6 Å². The van der Waals surface area contributed by atoms with Crippen molar-refractivity contribution in [1.82, 2.24) is 4.98 Å². The van der Waals surface area contributed by atoms with Gasteiger partial charge in [-0.05, 0) is 37.6 Å². The van der Waals surface area contributed by atoms with Gasteiger partial charge in [0.05, 0.1) is 0 Å². The van der Waals surface area contributed by atoms with Crippen LogP contribution in [0.5, 0.6) is 0 Å². The van der Waals surface area contributed by atoms with E-state index in [1.165, 1.54) is 0 Å². The number of carbonyl (C=O) groups is 1. The number of amides is 1. The average Bonchev–Trinajstić information content (AvgIpc) is 2.86. The van der Waals surface area contributed by atoms with Gasteiger partial charge in [0.1, 0.15) is 5.52 Å². The van der Waals surface area contributed by atoms with E-state index >= 15 is 0 Å². The van der Waals surface area contributed by atoms with Gasteiger partial charge in [-0.1, -0.05) is 13.8 Å². The first-order valence-electron chi connectivity index (χ1n) is 7.04. The van der Waals surface area contributed by atoms with Gasteiger partial charge in [-0.15, -0.1) is 0 Å². The van der Waals surface area contributed by atoms with E-state index in [1.54, 1.807) is 0 Å². The molecule has 0 spiro atoms. The van der Waals surface area contributed by atoms with Gasteiger partial charge in [0, 0.05) is 18.0 Å². The molecule has 0 fully saturated rings. The number of rotatable bonds is 6. The fourth-order valence-electron chi connectivity index (χ4n) is 2.02. The summed E-state index contributed by atoms with van der Waals surface area (Å²) in [6, 6.07) is 5.51. The Balaban J connectivity index is 2.07. The van der Waals surface area contributed by atoms with Gasteiger partial charge < -0.3 is 15.5 Å². The van der Waals surface area contributed by atoms with Crippen LogP contribution in [0.1, 0.15) is 32.6 Å². The molecule has 1 atom stereocenters. The minimum absolute atomic E-state index is 0.0111. The molecular weight excluding hydrogens is 254 g/mol. The maximum Gasteiger partial charge on any atom is 0.227 e. The lowest BCUT2D eigenvalue weighted by molar-refractivity contribution is -0.119. The molecule has 0 aliphatic heterocycles. The number of hydrogen-bond acceptors (Lipinski definition) is 4. The summed E-state index contributed by atoms with van der Waals surface area (Å²) < 4.78 is 5.54. The van der Waals surface area contributed by atoms with E-state index in [-0.39, 0.29) is 11.8 Å². The van der Waals surface area contributed by atoms with E-state index in [1.807, 2.05) is 32.0 Å². The Hall–Kier alpha value is -1.88. The van der Waals surface area contributed by atoms with Gasteiger partial charge in [0.2, 0.25) is 5.91 Å². The summed E-state index contributed by atoms with van der Waals surface area (Å²) >= 11 is 0. The summed E-state index contributed by atoms with van der Waals surface area (Å²) in [4.78, 5) is 16.4. The molecule has 1 heterocycles. The number of benzene rings is 1. The Kier molecular flexibility index (Phi) is 4.74. The molecular formula is C15H21N3O2. The predicted octanol–water partition coefficient (Wildman–Crippen LogP) is 2.70. The number of fused-ring (bicyclic) bond motifs is 1. The van der Waals surface area contributed by atoms with Crippen molar-refractivity contribution in [3.63, 3.8) is 0 Å². The molecule has 0 saturated carbocycles. The van der Waals surface area contributed by atoms with Crippen molar-refractivity contribution in [1.29, 1.82) is 0 Å². The lowest BCUT2D eigenvalue weighted by Gasteiger charge is -2.11. The minimum Gasteiger partial charge on any atom is -0.441 e. The number of nitrogens with two attached hydrogens (primary N) is 1. The number of carbonyl (C=O) groups excluding carboxylic acids is 1. The first-order chi connectivity index (χ1) is 9.63. The molecule has 1 amide bonds. The van der Waals surface area contributed by atoms with Crippen LogP contribution in [-0.4, -0.2) is 17.4 Å². The first kappa shape index (κ1) is 14.5. The van der Waals surface area contributed by atoms with Gasteiger partial charge in [0.25, 0.3) is 0 Å². The van der Waals surface area contributed by atoms with Gasteiger partial charge in [-0.3, -0.25) is 4.79 Å². The fourth-order valence-corrected chi connectivity index (χ4v) is 2.02. The van der Waals surface area contributed by atoms with Crippen molar-refractivity contribution in [2.24, 2.45) is 11.7 Å². The van der Waals surface area contributed by atoms with Gasteiger partial charge in [-0.25, -0.2) is 4.98 Å². The van der Waals surface area contributed by atoms with Crippen molar-refractivity contribution in [3.05, 3.63) is 24.1 Å². The number of hydrogen-bond donors (Lipinski definition) is 2. The molecule has 5 heteroatoms. The zero-order valence-corrected chi connectivity index (χ0v) is 12.0. The number of aromatic nitrogens is 1. The molecule has 5 nitrogen and oxygen atoms in total. The number of aryl methyl sites for hydroxylation is 1. The molecule has 0 radical (unpaired) electrons. The standard InChI is InChI=1S/C15H21N3O2/c1-3-14-18-12-9-11(6-7-13(12)20-14)17-15(19)10(2)5-4-8-16/h6-7,9-10H,3-5,8,16H2,1-2H3,(H,17,19). The lowest BCUT2D eigenvalue weighted by atomic mass is 10.0. The number of oxazole rings is 1. The first-order valence-corrected chi connectivity index (χ1v) is 7.04. The quantitative estimate of drug-likeness (QED) is 0.849. The monoisotopic (exact) mass is 275 g/mol. The van der Waals surface area contributed by atoms with E-state index in [9.17, 15) is 4.79 Å². The van der Waals surface area contributed by atoms with E-state index in [0.717, 1.165) is 36.0 Å². The Morgan fingerprint density at radius 1 is 1.50 bits per heavy atom. The summed E-state index contributed by atoms with van der Waals surface area (Å²) in [6.07, 6.45) is 2.41. The van der Waals surface area contributed by atoms with Gasteiger partial charge in [0.15, 0.2) is 11.5 Å². The van der Waals surface area contributed by atoms with Crippen LogP contribution in [0.25, 0.3) is 11.1 Å². The Labute approximate surface area is 118 Å². The largest absolute Gasteiger partial charge is 0.441 e. The van der Waals surface area contributed by atoms with Crippen LogP contribution in [0, 0.1) is 5.92 Å². The number of nitrogens with zero attached hydrogens (tertiary/aromatic N) is 1. The number of anilines is 1. The molecule has 2 rings (SSSR count). The second-order valence-corrected chi connectivity index (χ2v) is 4.96. The maximum atomic E-state index is 12.0. The van der Waals surface area contributed by atoms with Crippen LogP contribution < -0.4 is 11.1 Å². The molecule has 0 bridgehead atoms. The predicted molar refractivity (Wildman–Crippen MR) is 79.5 cm³/mol. The van der Waals surface area contributed by atoms with E-state index in [4.69, 9.17) is 10.2 Å². The van der Waals surface area contributed by atoms with E-state index in [2.05, 4.69) is 10.3 Å². The third-order valence-corrected chi connectivity index (χ3v) is 3.29. The fraction of sp³-hybridized carbons (Fsp3) is 0.467. The molecule has 2 aromatic rings. The maximum absolute atomic E-state index is 12.0. The van der Waals surface area contributed by atoms with E-state index < -0.39 is 0 Å². The summed E-state index contributed by atoms with van der Waals surface area (Å²) in [5, 5.41) is 2.91. The van der Waals surface area contributed by atoms with Crippen LogP contribution in [0.3, 0.4) is 0 Å². The molecule has 3 N–H and O–H groups in total. The molecule has 1 unspecified atom stereocenters. The van der Waals surface area contributed by atoms with Crippen LogP contribution in [-0.2, 0) is 11.2 Å². The zero-order valence-electron chi connectivity index (χ0n) is 12.0. The third-order valence-electron chi connectivity index (χ3n) is 3.29. The molecule has 0 aliphatic rings. The molecule has 0 aliphatic carbocycles. The third kappa shape index (κ3) is 3.36. The minimum atomic E-state index is -0.0437. The van der Waals surface area contributed by atoms with Crippen molar-refractivity contribution < 1.29 is 9.21 Å². The van der Waals surface area contributed by atoms with Crippen molar-refractivity contribution in [2.45, 2.75) is 33.1 Å². The normalized spacial score (nSPS) is 12.6. The SMILES string of the molecule is CCc1nc2cc(NC(=O)C(C)CCCN)ccc2o1. The second kappa shape index (κ2) is 6.52. The highest BCUT2D eigenvalue weighted by Crippen LogP contribution is 2.21. The zero-order chi connectivity index (χ0) is 14.5. The van der Waals surface area contributed by atoms with Crippen molar-refractivity contribution in [3.8, 4) is 0 Å². The highest BCUT2D eigenvalue weighted by molar-refractivity contribution is 5.94. The number of nitrogens with one attached hydrogen (secondary N) is 1. The Morgan fingerprint density at radius 2 is 2.30 bits per heavy atom. The van der Waals surface area contributed by atoms with Crippen LogP contribution in [0.2, 0.25) is 0 Å². The molecule has 20 heavy (non-hydrogen) atoms. The summed E-state index contributed by atoms with van der Waals surface area (Å²) in [5.41, 5.74) is 7.72. The highest BCUT2D eigenvalue weighted by atomic mass is 16.3. The van der Waals surface area contributed by atoms with Crippen LogP contribution >= 0.6 is 0 Å². The van der Waals surface area contributed by atoms with E-state index in [0.29, 0.717) is 12.4 Å². The topological polar surface area (TPSA) is 81.2 Å². The second-order valence-electron chi connectivity index (χ2n) is 4.96. The summed E-state index contributed by atoms with van der Waals surface area (Å²) in [7, 11) is 0. The summed E-state index contributed by atoms with van der Waals surface area (Å²) in [6.45, 7) is 4.52. The molecule has 1 aromatic heterocycles. The average molecular weight is 275 g/mol. The molecule has 1 aromatic carbocycles.